The number of hydrogen-bond donors (Lipinski definition) is 1. The molecule has 0 spiro atoms. The Hall–Kier alpha value is -1.85. The highest BCUT2D eigenvalue weighted by molar-refractivity contribution is 5.08. The first-order valence-corrected chi connectivity index (χ1v) is 4.34. The van der Waals surface area contributed by atoms with Crippen molar-refractivity contribution in [2.45, 2.75) is 12.7 Å². The molecule has 0 fully saturated rings. The number of nitrogens with zero attached hydrogens (tertiary/aromatic N) is 1. The van der Waals surface area contributed by atoms with Gasteiger partial charge in [0.25, 0.3) is 5.56 Å². The Kier molecular flexibility index (Phi) is 1.99. The molecule has 0 amide bonds. The van der Waals surface area contributed by atoms with Crippen molar-refractivity contribution in [3.63, 3.8) is 0 Å². The van der Waals surface area contributed by atoms with Crippen LogP contribution in [0.3, 0.4) is 0 Å². The van der Waals surface area contributed by atoms with Gasteiger partial charge < -0.3 is 4.74 Å². The van der Waals surface area contributed by atoms with Gasteiger partial charge in [0, 0.05) is 17.8 Å². The number of aromatic nitrogens is 2. The number of ether oxygens (including phenoxy) is 1. The van der Waals surface area contributed by atoms with Crippen molar-refractivity contribution in [2.24, 2.45) is 0 Å². The Balaban J connectivity index is 2.63. The second kappa shape index (κ2) is 3.08. The van der Waals surface area contributed by atoms with Crippen molar-refractivity contribution >= 4 is 0 Å². The molecule has 0 unspecified atom stereocenters. The molecule has 0 aromatic carbocycles. The molecule has 0 bridgehead atoms. The molecule has 1 N–H and O–H groups in total. The van der Waals surface area contributed by atoms with Crippen LogP contribution in [0.5, 0.6) is 0 Å². The molecule has 0 aliphatic carbocycles. The van der Waals surface area contributed by atoms with Gasteiger partial charge in [0.1, 0.15) is 6.61 Å². The second-order valence-corrected chi connectivity index (χ2v) is 3.37. The molecule has 1 aliphatic rings. The lowest BCUT2D eigenvalue weighted by Crippen LogP contribution is -2.41. The van der Waals surface area contributed by atoms with Gasteiger partial charge in [0.15, 0.2) is 0 Å². The van der Waals surface area contributed by atoms with Gasteiger partial charge in [0.2, 0.25) is 5.79 Å². The zero-order valence-electron chi connectivity index (χ0n) is 7.99. The van der Waals surface area contributed by atoms with Gasteiger partial charge in [0.05, 0.1) is 6.26 Å². The largest absolute Gasteiger partial charge is 0.496 e. The average Bonchev–Trinajstić information content (AvgIpc) is 2.60. The van der Waals surface area contributed by atoms with Crippen molar-refractivity contribution in [2.75, 3.05) is 6.61 Å². The molecule has 1 aliphatic heterocycles. The smallest absolute Gasteiger partial charge is 0.331 e. The van der Waals surface area contributed by atoms with Gasteiger partial charge in [-0.1, -0.05) is 0 Å². The normalized spacial score (nSPS) is 24.1. The molecular weight excluding hydrogens is 203 g/mol. The van der Waals surface area contributed by atoms with Crippen LogP contribution < -0.4 is 11.2 Å². The van der Waals surface area contributed by atoms with E-state index in [9.17, 15) is 14.0 Å². The Morgan fingerprint density at radius 2 is 2.33 bits per heavy atom. The summed E-state index contributed by atoms with van der Waals surface area (Å²) in [7, 11) is 0. The van der Waals surface area contributed by atoms with E-state index in [-0.39, 0.29) is 12.2 Å². The molecule has 0 saturated carbocycles. The molecule has 2 heterocycles. The van der Waals surface area contributed by atoms with Gasteiger partial charge in [-0.25, -0.2) is 9.18 Å². The molecule has 5 nitrogen and oxygen atoms in total. The number of rotatable bonds is 1. The third-order valence-electron chi connectivity index (χ3n) is 2.23. The van der Waals surface area contributed by atoms with E-state index in [0.29, 0.717) is 0 Å². The van der Waals surface area contributed by atoms with Gasteiger partial charge in [-0.05, 0) is 6.92 Å². The SMILES string of the molecule is Cc1cn([C@@]2(F)C=COC2)c(=O)[nH]c1=O. The minimum atomic E-state index is -2.01. The predicted molar refractivity (Wildman–Crippen MR) is 50.2 cm³/mol. The summed E-state index contributed by atoms with van der Waals surface area (Å²) in [5.74, 6) is -2.01. The maximum Gasteiger partial charge on any atom is 0.331 e. The lowest BCUT2D eigenvalue weighted by Gasteiger charge is -2.18. The van der Waals surface area contributed by atoms with Crippen LogP contribution in [-0.4, -0.2) is 16.2 Å². The molecule has 1 aromatic rings. The number of H-pyrrole nitrogens is 1. The fourth-order valence-corrected chi connectivity index (χ4v) is 1.36. The van der Waals surface area contributed by atoms with Crippen LogP contribution in [0, 0.1) is 6.92 Å². The Bertz CT molecular complexity index is 531. The minimum Gasteiger partial charge on any atom is -0.496 e. The highest BCUT2D eigenvalue weighted by atomic mass is 19.1. The summed E-state index contributed by atoms with van der Waals surface area (Å²) >= 11 is 0. The van der Waals surface area contributed by atoms with Crippen LogP contribution in [0.2, 0.25) is 0 Å². The second-order valence-electron chi connectivity index (χ2n) is 3.37. The van der Waals surface area contributed by atoms with Crippen LogP contribution in [0.1, 0.15) is 5.56 Å². The first kappa shape index (κ1) is 9.70. The third kappa shape index (κ3) is 1.47. The summed E-state index contributed by atoms with van der Waals surface area (Å²) in [4.78, 5) is 24.5. The van der Waals surface area contributed by atoms with Crippen molar-refractivity contribution < 1.29 is 9.13 Å². The molecule has 1 aromatic heterocycles. The first-order valence-electron chi connectivity index (χ1n) is 4.34. The average molecular weight is 212 g/mol. The van der Waals surface area contributed by atoms with Crippen molar-refractivity contribution in [1.82, 2.24) is 9.55 Å². The fraction of sp³-hybridized carbons (Fsp3) is 0.333. The van der Waals surface area contributed by atoms with Crippen LogP contribution in [0.15, 0.2) is 28.1 Å². The number of aryl methyl sites for hydroxylation is 1. The van der Waals surface area contributed by atoms with E-state index in [1.54, 1.807) is 0 Å². The molecule has 1 atom stereocenters. The quantitative estimate of drug-likeness (QED) is 0.713. The van der Waals surface area contributed by atoms with Crippen LogP contribution in [0.25, 0.3) is 0 Å². The number of halogens is 1. The van der Waals surface area contributed by atoms with E-state index in [0.717, 1.165) is 10.6 Å². The Morgan fingerprint density at radius 1 is 1.60 bits per heavy atom. The molecule has 0 radical (unpaired) electrons. The van der Waals surface area contributed by atoms with Crippen molar-refractivity contribution in [3.8, 4) is 0 Å². The van der Waals surface area contributed by atoms with E-state index in [1.807, 2.05) is 4.98 Å². The Labute approximate surface area is 83.8 Å². The maximum atomic E-state index is 14.0. The highest BCUT2D eigenvalue weighted by Crippen LogP contribution is 2.23. The van der Waals surface area contributed by atoms with E-state index in [1.165, 1.54) is 19.4 Å². The van der Waals surface area contributed by atoms with Gasteiger partial charge in [-0.2, -0.15) is 0 Å². The zero-order valence-corrected chi connectivity index (χ0v) is 7.99. The maximum absolute atomic E-state index is 14.0. The molecule has 6 heteroatoms. The molecule has 0 saturated heterocycles. The molecular formula is C9H9FN2O3. The summed E-state index contributed by atoms with van der Waals surface area (Å²) < 4.78 is 19.6. The lowest BCUT2D eigenvalue weighted by atomic mass is 10.2. The zero-order chi connectivity index (χ0) is 11.1. The van der Waals surface area contributed by atoms with Crippen molar-refractivity contribution in [3.05, 3.63) is 44.9 Å². The minimum absolute atomic E-state index is 0.265. The number of hydrogen-bond acceptors (Lipinski definition) is 3. The highest BCUT2D eigenvalue weighted by Gasteiger charge is 2.34. The van der Waals surface area contributed by atoms with E-state index < -0.39 is 17.0 Å². The third-order valence-corrected chi connectivity index (χ3v) is 2.23. The molecule has 80 valence electrons. The summed E-state index contributed by atoms with van der Waals surface area (Å²) in [6.07, 6.45) is 3.50. The van der Waals surface area contributed by atoms with E-state index in [4.69, 9.17) is 4.74 Å². The lowest BCUT2D eigenvalue weighted by molar-refractivity contribution is 0.0643. The summed E-state index contributed by atoms with van der Waals surface area (Å²) in [5.41, 5.74) is -1.03. The van der Waals surface area contributed by atoms with Crippen LogP contribution in [-0.2, 0) is 10.5 Å². The Morgan fingerprint density at radius 3 is 2.93 bits per heavy atom. The predicted octanol–water partition coefficient (Wildman–Crippen LogP) is 0.0112. The molecule has 2 rings (SSSR count). The summed E-state index contributed by atoms with van der Waals surface area (Å²) in [5, 5.41) is 0. The van der Waals surface area contributed by atoms with Gasteiger partial charge in [-0.3, -0.25) is 14.3 Å². The number of alkyl halides is 1. The number of aromatic amines is 1. The summed E-state index contributed by atoms with van der Waals surface area (Å²) in [6.45, 7) is 1.23. The molecule has 15 heavy (non-hydrogen) atoms. The number of nitrogens with one attached hydrogen (secondary N) is 1. The van der Waals surface area contributed by atoms with Crippen LogP contribution >= 0.6 is 0 Å². The van der Waals surface area contributed by atoms with Gasteiger partial charge >= 0.3 is 5.69 Å². The van der Waals surface area contributed by atoms with Crippen molar-refractivity contribution in [1.29, 1.82) is 0 Å². The fourth-order valence-electron chi connectivity index (χ4n) is 1.36. The van der Waals surface area contributed by atoms with E-state index >= 15 is 0 Å². The first-order chi connectivity index (χ1) is 7.03. The summed E-state index contributed by atoms with van der Waals surface area (Å²) in [6, 6.07) is 0. The van der Waals surface area contributed by atoms with Crippen LogP contribution in [0.4, 0.5) is 4.39 Å². The topological polar surface area (TPSA) is 64.1 Å². The standard InChI is InChI=1S/C9H9FN2O3/c1-6-4-12(8(14)11-7(6)13)9(10)2-3-15-5-9/h2-4H,5H2,1H3,(H,11,13,14)/t9-/m0/s1. The van der Waals surface area contributed by atoms with E-state index in [2.05, 4.69) is 0 Å². The monoisotopic (exact) mass is 212 g/mol. The van der Waals surface area contributed by atoms with Gasteiger partial charge in [-0.15, -0.1) is 0 Å².